The fraction of sp³-hybridized carbons (Fsp3) is 0.500. The summed E-state index contributed by atoms with van der Waals surface area (Å²) in [6.07, 6.45) is 0. The van der Waals surface area contributed by atoms with Crippen molar-refractivity contribution in [3.05, 3.63) is 15.9 Å². The van der Waals surface area contributed by atoms with E-state index in [4.69, 9.17) is 0 Å². The topological polar surface area (TPSA) is 58.2 Å². The quantitative estimate of drug-likeness (QED) is 0.852. The molecule has 16 heavy (non-hydrogen) atoms. The summed E-state index contributed by atoms with van der Waals surface area (Å²) in [6, 6.07) is 1.83. The van der Waals surface area contributed by atoms with Gasteiger partial charge in [-0.3, -0.25) is 0 Å². The summed E-state index contributed by atoms with van der Waals surface area (Å²) in [5.41, 5.74) is 0. The Labute approximate surface area is 114 Å². The Morgan fingerprint density at radius 1 is 1.56 bits per heavy atom. The minimum absolute atomic E-state index is 0. The third kappa shape index (κ3) is 4.31. The molecule has 1 rings (SSSR count). The minimum Gasteiger partial charge on any atom is -0.316 e. The van der Waals surface area contributed by atoms with E-state index < -0.39 is 10.0 Å². The number of nitrogens with one attached hydrogen (secondary N) is 2. The van der Waals surface area contributed by atoms with Gasteiger partial charge in [-0.25, -0.2) is 13.1 Å². The van der Waals surface area contributed by atoms with Crippen molar-refractivity contribution in [3.63, 3.8) is 0 Å². The maximum Gasteiger partial charge on any atom is 0.251 e. The van der Waals surface area contributed by atoms with Gasteiger partial charge in [0.1, 0.15) is 4.21 Å². The lowest BCUT2D eigenvalue weighted by molar-refractivity contribution is 0.555. The maximum absolute atomic E-state index is 11.8. The Kier molecular flexibility index (Phi) is 7.07. The molecule has 1 atom stereocenters. The molecule has 0 saturated heterocycles. The van der Waals surface area contributed by atoms with E-state index in [1.165, 1.54) is 11.3 Å². The van der Waals surface area contributed by atoms with Crippen molar-refractivity contribution in [2.24, 2.45) is 0 Å². The number of thiophene rings is 1. The van der Waals surface area contributed by atoms with Gasteiger partial charge in [-0.15, -0.1) is 23.7 Å². The van der Waals surface area contributed by atoms with E-state index >= 15 is 0 Å². The first kappa shape index (κ1) is 16.3. The lowest BCUT2D eigenvalue weighted by atomic mass is 10.4. The van der Waals surface area contributed by atoms with Crippen LogP contribution >= 0.6 is 39.7 Å². The molecule has 1 unspecified atom stereocenters. The number of hydrogen-bond acceptors (Lipinski definition) is 4. The average Bonchev–Trinajstić information content (AvgIpc) is 2.61. The molecular formula is C8H14BrClN2O2S2. The van der Waals surface area contributed by atoms with Crippen LogP contribution in [0, 0.1) is 0 Å². The highest BCUT2D eigenvalue weighted by Crippen LogP contribution is 2.27. The number of hydrogen-bond donors (Lipinski definition) is 2. The van der Waals surface area contributed by atoms with Crippen LogP contribution in [0.4, 0.5) is 0 Å². The third-order valence-corrected chi connectivity index (χ3v) is 5.99. The Hall–Kier alpha value is 0.340. The molecule has 0 aliphatic rings. The van der Waals surface area contributed by atoms with Crippen molar-refractivity contribution in [2.45, 2.75) is 17.2 Å². The van der Waals surface area contributed by atoms with Crippen LogP contribution in [0.1, 0.15) is 6.92 Å². The van der Waals surface area contributed by atoms with Crippen LogP contribution in [-0.2, 0) is 10.0 Å². The normalized spacial score (nSPS) is 13.2. The zero-order valence-corrected chi connectivity index (χ0v) is 12.9. The highest BCUT2D eigenvalue weighted by atomic mass is 79.9. The Morgan fingerprint density at radius 3 is 2.62 bits per heavy atom. The summed E-state index contributed by atoms with van der Waals surface area (Å²) in [7, 11) is -1.58. The number of likely N-dealkylation sites (N-methyl/N-ethyl adjacent to an activating group) is 1. The molecule has 0 saturated carbocycles. The van der Waals surface area contributed by atoms with Crippen LogP contribution in [0.25, 0.3) is 0 Å². The van der Waals surface area contributed by atoms with Gasteiger partial charge in [0.15, 0.2) is 0 Å². The largest absolute Gasteiger partial charge is 0.316 e. The van der Waals surface area contributed by atoms with Crippen LogP contribution < -0.4 is 10.0 Å². The van der Waals surface area contributed by atoms with Gasteiger partial charge in [-0.1, -0.05) is 0 Å². The minimum atomic E-state index is -3.37. The van der Waals surface area contributed by atoms with E-state index in [1.807, 2.05) is 6.92 Å². The Morgan fingerprint density at radius 2 is 2.19 bits per heavy atom. The maximum atomic E-state index is 11.8. The molecule has 0 spiro atoms. The van der Waals surface area contributed by atoms with E-state index in [-0.39, 0.29) is 18.4 Å². The van der Waals surface area contributed by atoms with Gasteiger partial charge in [0, 0.05) is 17.1 Å². The predicted octanol–water partition coefficient (Wildman–Crippen LogP) is 1.82. The second-order valence-corrected chi connectivity index (χ2v) is 6.83. The van der Waals surface area contributed by atoms with Crippen molar-refractivity contribution >= 4 is 49.7 Å². The third-order valence-electron chi connectivity index (χ3n) is 1.90. The summed E-state index contributed by atoms with van der Waals surface area (Å²) >= 11 is 4.40. The average molecular weight is 350 g/mol. The van der Waals surface area contributed by atoms with Gasteiger partial charge < -0.3 is 5.32 Å². The van der Waals surface area contributed by atoms with Gasteiger partial charge in [0.2, 0.25) is 0 Å². The number of rotatable bonds is 5. The molecule has 2 N–H and O–H groups in total. The lowest BCUT2D eigenvalue weighted by Gasteiger charge is -2.11. The highest BCUT2D eigenvalue weighted by molar-refractivity contribution is 9.10. The monoisotopic (exact) mass is 348 g/mol. The van der Waals surface area contributed by atoms with E-state index in [2.05, 4.69) is 26.0 Å². The Balaban J connectivity index is 0.00000225. The molecule has 1 heterocycles. The summed E-state index contributed by atoms with van der Waals surface area (Å²) in [6.45, 7) is 2.29. The number of halogens is 2. The smallest absolute Gasteiger partial charge is 0.251 e. The van der Waals surface area contributed by atoms with Gasteiger partial charge >= 0.3 is 0 Å². The van der Waals surface area contributed by atoms with E-state index in [0.29, 0.717) is 15.2 Å². The zero-order chi connectivity index (χ0) is 11.5. The lowest BCUT2D eigenvalue weighted by Crippen LogP contribution is -2.36. The van der Waals surface area contributed by atoms with Crippen molar-refractivity contribution in [2.75, 3.05) is 13.6 Å². The second-order valence-electron chi connectivity index (χ2n) is 3.10. The molecule has 0 bridgehead atoms. The SMILES string of the molecule is CNC(C)CNS(=O)(=O)c1sccc1Br.Cl. The molecule has 0 amide bonds. The van der Waals surface area contributed by atoms with Crippen molar-refractivity contribution < 1.29 is 8.42 Å². The first-order valence-corrected chi connectivity index (χ1v) is 7.53. The van der Waals surface area contributed by atoms with Crippen molar-refractivity contribution in [1.29, 1.82) is 0 Å². The molecule has 1 aromatic rings. The molecular weight excluding hydrogens is 336 g/mol. The first-order valence-electron chi connectivity index (χ1n) is 4.37. The van der Waals surface area contributed by atoms with Gasteiger partial charge in [-0.2, -0.15) is 0 Å². The molecule has 8 heteroatoms. The van der Waals surface area contributed by atoms with Crippen LogP contribution in [0.3, 0.4) is 0 Å². The molecule has 0 aromatic carbocycles. The molecule has 94 valence electrons. The summed E-state index contributed by atoms with van der Waals surface area (Å²) in [5.74, 6) is 0. The standard InChI is InChI=1S/C8H13BrN2O2S2.ClH/c1-6(10-2)5-11-15(12,13)8-7(9)3-4-14-8;/h3-4,6,10-11H,5H2,1-2H3;1H. The molecule has 4 nitrogen and oxygen atoms in total. The van der Waals surface area contributed by atoms with Crippen LogP contribution in [0.5, 0.6) is 0 Å². The van der Waals surface area contributed by atoms with Crippen LogP contribution in [0.15, 0.2) is 20.1 Å². The highest BCUT2D eigenvalue weighted by Gasteiger charge is 2.19. The van der Waals surface area contributed by atoms with Crippen LogP contribution in [-0.4, -0.2) is 28.1 Å². The van der Waals surface area contributed by atoms with Gasteiger partial charge in [-0.05, 0) is 41.3 Å². The fourth-order valence-electron chi connectivity index (χ4n) is 0.874. The first-order chi connectivity index (χ1) is 6.97. The molecule has 0 radical (unpaired) electrons. The summed E-state index contributed by atoms with van der Waals surface area (Å²) in [4.78, 5) is 0. The predicted molar refractivity (Wildman–Crippen MR) is 73.0 cm³/mol. The summed E-state index contributed by atoms with van der Waals surface area (Å²) in [5, 5.41) is 4.70. The zero-order valence-electron chi connectivity index (χ0n) is 8.86. The van der Waals surface area contributed by atoms with E-state index in [0.717, 1.165) is 0 Å². The molecule has 0 fully saturated rings. The number of sulfonamides is 1. The van der Waals surface area contributed by atoms with Crippen LogP contribution in [0.2, 0.25) is 0 Å². The van der Waals surface area contributed by atoms with Gasteiger partial charge in [0.25, 0.3) is 10.0 Å². The Bertz CT molecular complexity index is 421. The molecule has 1 aromatic heterocycles. The second kappa shape index (κ2) is 6.93. The van der Waals surface area contributed by atoms with Crippen molar-refractivity contribution in [1.82, 2.24) is 10.0 Å². The van der Waals surface area contributed by atoms with E-state index in [1.54, 1.807) is 18.5 Å². The van der Waals surface area contributed by atoms with Crippen molar-refractivity contribution in [3.8, 4) is 0 Å². The van der Waals surface area contributed by atoms with Gasteiger partial charge in [0.05, 0.1) is 0 Å². The molecule has 0 aliphatic carbocycles. The van der Waals surface area contributed by atoms with E-state index in [9.17, 15) is 8.42 Å². The fourth-order valence-corrected chi connectivity index (χ4v) is 4.38. The summed E-state index contributed by atoms with van der Waals surface area (Å²) < 4.78 is 27.0. The molecule has 0 aliphatic heterocycles.